The topological polar surface area (TPSA) is 116 Å². The van der Waals surface area contributed by atoms with Crippen molar-refractivity contribution < 1.29 is 41.2 Å². The fourth-order valence-electron chi connectivity index (χ4n) is 3.03. The average molecular weight is 324 g/mol. The van der Waals surface area contributed by atoms with E-state index in [-0.39, 0.29) is 6.42 Å². The molecule has 0 aromatic carbocycles. The number of alkyl halides is 1. The van der Waals surface area contributed by atoms with Crippen molar-refractivity contribution in [3.63, 3.8) is 0 Å². The number of fused-ring (bicyclic) bond motifs is 1. The summed E-state index contributed by atoms with van der Waals surface area (Å²) in [6.45, 7) is 1.08. The quantitative estimate of drug-likeness (QED) is 0.547. The summed E-state index contributed by atoms with van der Waals surface area (Å²) in [7, 11) is -5.28. The predicted molar refractivity (Wildman–Crippen MR) is 62.2 cm³/mol. The van der Waals surface area contributed by atoms with Crippen molar-refractivity contribution in [1.82, 2.24) is 0 Å². The number of ether oxygens (including phenoxy) is 3. The van der Waals surface area contributed by atoms with Crippen LogP contribution in [0.3, 0.4) is 0 Å². The number of halogens is 1. The Morgan fingerprint density at radius 1 is 1.52 bits per heavy atom. The van der Waals surface area contributed by atoms with E-state index in [1.165, 1.54) is 0 Å². The van der Waals surface area contributed by atoms with E-state index in [1.807, 2.05) is 0 Å². The van der Waals surface area contributed by atoms with Crippen LogP contribution in [0.4, 0.5) is 4.39 Å². The third kappa shape index (κ3) is 1.89. The van der Waals surface area contributed by atoms with Crippen LogP contribution < -0.4 is 0 Å². The Balaban J connectivity index is 1.79. The first-order chi connectivity index (χ1) is 9.69. The molecule has 0 aliphatic carbocycles. The first-order valence-electron chi connectivity index (χ1n) is 6.42. The lowest BCUT2D eigenvalue weighted by molar-refractivity contribution is -0.167. The van der Waals surface area contributed by atoms with Crippen LogP contribution in [0, 0.1) is 5.92 Å². The third-order valence-corrected chi connectivity index (χ3v) is 5.47. The maximum atomic E-state index is 14.2. The zero-order valence-electron chi connectivity index (χ0n) is 10.9. The number of esters is 2. The Morgan fingerprint density at radius 2 is 2.19 bits per heavy atom. The van der Waals surface area contributed by atoms with Crippen LogP contribution in [0.5, 0.6) is 0 Å². The van der Waals surface area contributed by atoms with Crippen molar-refractivity contribution in [2.24, 2.45) is 5.92 Å². The maximum absolute atomic E-state index is 14.2. The molecule has 6 atom stereocenters. The molecule has 10 heteroatoms. The molecular weight excluding hydrogens is 311 g/mol. The first-order valence-corrected chi connectivity index (χ1v) is 7.86. The Kier molecular flexibility index (Phi) is 3.05. The molecule has 8 nitrogen and oxygen atoms in total. The summed E-state index contributed by atoms with van der Waals surface area (Å²) in [6.07, 6.45) is -3.64. The van der Waals surface area contributed by atoms with Crippen molar-refractivity contribution in [2.45, 2.75) is 49.2 Å². The Labute approximate surface area is 119 Å². The summed E-state index contributed by atoms with van der Waals surface area (Å²) in [5, 5.41) is -3.54. The number of hydrogen-bond acceptors (Lipinski definition) is 7. The monoisotopic (exact) mass is 324 g/mol. The SMILES string of the molecule is CCC(F)(C(=O)OC1C2CC3C(=O)OC1C3O2)S(=O)(=O)O. The second-order valence-electron chi connectivity index (χ2n) is 5.31. The largest absolute Gasteiger partial charge is 0.455 e. The van der Waals surface area contributed by atoms with E-state index in [1.54, 1.807) is 0 Å². The van der Waals surface area contributed by atoms with Gasteiger partial charge in [0.1, 0.15) is 6.10 Å². The van der Waals surface area contributed by atoms with Crippen molar-refractivity contribution in [3.05, 3.63) is 0 Å². The van der Waals surface area contributed by atoms with Crippen LogP contribution in [-0.4, -0.2) is 54.3 Å². The average Bonchev–Trinajstić information content (AvgIpc) is 3.00. The first kappa shape index (κ1) is 14.7. The molecule has 0 amide bonds. The molecule has 0 radical (unpaired) electrons. The molecule has 3 rings (SSSR count). The van der Waals surface area contributed by atoms with Crippen molar-refractivity contribution >= 4 is 22.1 Å². The van der Waals surface area contributed by atoms with Crippen molar-refractivity contribution in [1.29, 1.82) is 0 Å². The van der Waals surface area contributed by atoms with E-state index in [4.69, 9.17) is 18.8 Å². The van der Waals surface area contributed by atoms with E-state index in [2.05, 4.69) is 0 Å². The van der Waals surface area contributed by atoms with Gasteiger partial charge in [-0.3, -0.25) is 9.35 Å². The molecule has 0 aromatic heterocycles. The molecule has 118 valence electrons. The molecular formula is C11H13FO8S. The van der Waals surface area contributed by atoms with E-state index >= 15 is 0 Å². The van der Waals surface area contributed by atoms with Crippen LogP contribution in [0.1, 0.15) is 19.8 Å². The smallest absolute Gasteiger partial charge is 0.363 e. The summed E-state index contributed by atoms with van der Waals surface area (Å²) >= 11 is 0. The molecule has 21 heavy (non-hydrogen) atoms. The highest BCUT2D eigenvalue weighted by Gasteiger charge is 2.66. The number of carbonyl (C=O) groups excluding carboxylic acids is 2. The van der Waals surface area contributed by atoms with Gasteiger partial charge in [-0.1, -0.05) is 6.92 Å². The Morgan fingerprint density at radius 3 is 2.76 bits per heavy atom. The fraction of sp³-hybridized carbons (Fsp3) is 0.818. The Hall–Kier alpha value is -1.26. The van der Waals surface area contributed by atoms with Gasteiger partial charge in [-0.2, -0.15) is 8.42 Å². The summed E-state index contributed by atoms with van der Waals surface area (Å²) in [5.41, 5.74) is 0. The normalized spacial score (nSPS) is 40.0. The molecule has 3 aliphatic rings. The standard InChI is InChI=1S/C11H13FO8S/c1-2-11(12,21(15,16)17)10(14)20-7-5-3-4-6(18-5)8(7)19-9(4)13/h4-8H,2-3H2,1H3,(H,15,16,17). The van der Waals surface area contributed by atoms with Crippen LogP contribution in [0.2, 0.25) is 0 Å². The van der Waals surface area contributed by atoms with Gasteiger partial charge in [0.2, 0.25) is 0 Å². The van der Waals surface area contributed by atoms with Gasteiger partial charge < -0.3 is 14.2 Å². The molecule has 3 heterocycles. The lowest BCUT2D eigenvalue weighted by Crippen LogP contribution is -2.48. The van der Waals surface area contributed by atoms with Gasteiger partial charge in [-0.15, -0.1) is 0 Å². The van der Waals surface area contributed by atoms with Gasteiger partial charge in [0.05, 0.1) is 12.0 Å². The van der Waals surface area contributed by atoms with Crippen LogP contribution in [-0.2, 0) is 33.9 Å². The molecule has 6 unspecified atom stereocenters. The highest BCUT2D eigenvalue weighted by Crippen LogP contribution is 2.47. The minimum Gasteiger partial charge on any atom is -0.455 e. The van der Waals surface area contributed by atoms with E-state index in [9.17, 15) is 22.4 Å². The van der Waals surface area contributed by atoms with Crippen molar-refractivity contribution in [3.8, 4) is 0 Å². The van der Waals surface area contributed by atoms with Gasteiger partial charge in [-0.05, 0) is 6.42 Å². The van der Waals surface area contributed by atoms with E-state index in [0.29, 0.717) is 0 Å². The van der Waals surface area contributed by atoms with Gasteiger partial charge in [0.15, 0.2) is 12.2 Å². The molecule has 2 bridgehead atoms. The summed E-state index contributed by atoms with van der Waals surface area (Å²) in [4.78, 5) is 23.3. The van der Waals surface area contributed by atoms with Crippen LogP contribution in [0.25, 0.3) is 0 Å². The molecule has 1 N–H and O–H groups in total. The number of rotatable bonds is 4. The number of hydrogen-bond donors (Lipinski definition) is 1. The van der Waals surface area contributed by atoms with Gasteiger partial charge in [-0.25, -0.2) is 9.18 Å². The maximum Gasteiger partial charge on any atom is 0.363 e. The van der Waals surface area contributed by atoms with E-state index < -0.39 is 63.8 Å². The third-order valence-electron chi connectivity index (χ3n) is 4.20. The van der Waals surface area contributed by atoms with Crippen LogP contribution in [0.15, 0.2) is 0 Å². The zero-order valence-corrected chi connectivity index (χ0v) is 11.7. The molecule has 0 spiro atoms. The second kappa shape index (κ2) is 4.37. The molecule has 3 saturated heterocycles. The lowest BCUT2D eigenvalue weighted by Gasteiger charge is -2.26. The predicted octanol–water partition coefficient (Wildman–Crippen LogP) is -0.426. The highest BCUT2D eigenvalue weighted by molar-refractivity contribution is 7.87. The molecule has 0 saturated carbocycles. The van der Waals surface area contributed by atoms with E-state index in [0.717, 1.165) is 6.92 Å². The summed E-state index contributed by atoms with van der Waals surface area (Å²) < 4.78 is 60.4. The van der Waals surface area contributed by atoms with Crippen molar-refractivity contribution in [2.75, 3.05) is 0 Å². The fourth-order valence-corrected chi connectivity index (χ4v) is 3.65. The minimum absolute atomic E-state index is 0.273. The summed E-state index contributed by atoms with van der Waals surface area (Å²) in [5.74, 6) is -2.62. The van der Waals surface area contributed by atoms with Gasteiger partial charge in [0.25, 0.3) is 0 Å². The van der Waals surface area contributed by atoms with Gasteiger partial charge >= 0.3 is 27.1 Å². The lowest BCUT2D eigenvalue weighted by atomic mass is 9.88. The summed E-state index contributed by atoms with van der Waals surface area (Å²) in [6, 6.07) is 0. The Bertz CT molecular complexity index is 603. The van der Waals surface area contributed by atoms with Crippen LogP contribution >= 0.6 is 0 Å². The molecule has 0 aromatic rings. The molecule has 3 fully saturated rings. The highest BCUT2D eigenvalue weighted by atomic mass is 32.2. The second-order valence-corrected chi connectivity index (χ2v) is 6.91. The zero-order chi connectivity index (χ0) is 15.6. The minimum atomic E-state index is -5.28. The molecule has 3 aliphatic heterocycles. The number of carbonyl (C=O) groups is 2. The van der Waals surface area contributed by atoms with Gasteiger partial charge in [0, 0.05) is 6.42 Å².